The molecule has 0 fully saturated rings. The largest absolute Gasteiger partial charge is 0.435 e. The van der Waals surface area contributed by atoms with Crippen molar-refractivity contribution in [1.82, 2.24) is 20.3 Å². The van der Waals surface area contributed by atoms with Crippen LogP contribution in [-0.2, 0) is 6.18 Å². The summed E-state index contributed by atoms with van der Waals surface area (Å²) in [4.78, 5) is 22.3. The van der Waals surface area contributed by atoms with Gasteiger partial charge in [0.05, 0.1) is 10.6 Å². The van der Waals surface area contributed by atoms with Crippen molar-refractivity contribution in [3.05, 3.63) is 75.9 Å². The fraction of sp³-hybridized carbons (Fsp3) is 0.167. The van der Waals surface area contributed by atoms with Crippen LogP contribution in [0.15, 0.2) is 48.5 Å². The van der Waals surface area contributed by atoms with Crippen molar-refractivity contribution >= 4 is 17.3 Å². The maximum absolute atomic E-state index is 13.6. The van der Waals surface area contributed by atoms with E-state index in [9.17, 15) is 32.5 Å². The van der Waals surface area contributed by atoms with Gasteiger partial charge < -0.3 is 10.6 Å². The van der Waals surface area contributed by atoms with Crippen LogP contribution in [0.1, 0.15) is 16.2 Å². The fourth-order valence-corrected chi connectivity index (χ4v) is 2.62. The number of carbonyl (C=O) groups excluding carboxylic acids is 1. The van der Waals surface area contributed by atoms with Crippen molar-refractivity contribution in [1.29, 1.82) is 0 Å². The Morgan fingerprint density at radius 2 is 1.71 bits per heavy atom. The van der Waals surface area contributed by atoms with Gasteiger partial charge in [-0.1, -0.05) is 5.21 Å². The topological polar surface area (TPSA) is 115 Å². The van der Waals surface area contributed by atoms with Gasteiger partial charge in [-0.25, -0.2) is 9.07 Å². The van der Waals surface area contributed by atoms with E-state index in [1.807, 2.05) is 0 Å². The average molecular weight is 438 g/mol. The second-order valence-electron chi connectivity index (χ2n) is 6.16. The summed E-state index contributed by atoms with van der Waals surface area (Å²) >= 11 is 0. The zero-order valence-electron chi connectivity index (χ0n) is 15.6. The third kappa shape index (κ3) is 5.12. The summed E-state index contributed by atoms with van der Waals surface area (Å²) in [5.74, 6) is -1.73. The smallest absolute Gasteiger partial charge is 0.383 e. The quantitative estimate of drug-likeness (QED) is 0.253. The van der Waals surface area contributed by atoms with Gasteiger partial charge in [0, 0.05) is 30.9 Å². The Morgan fingerprint density at radius 3 is 2.29 bits per heavy atom. The molecule has 0 atom stereocenters. The van der Waals surface area contributed by atoms with Crippen LogP contribution in [-0.4, -0.2) is 38.9 Å². The number of hydrogen-bond donors (Lipinski definition) is 2. The molecule has 1 heterocycles. The summed E-state index contributed by atoms with van der Waals surface area (Å²) in [6.07, 6.45) is -4.94. The van der Waals surface area contributed by atoms with Crippen LogP contribution in [0.4, 0.5) is 28.9 Å². The standard InChI is InChI=1S/C18H14F4N6O3/c19-11-1-5-13(6-2-11)27-16(18(20,21)22)15(25-26-27)17(29)24-10-9-23-12-3-7-14(8-4-12)28(30)31/h1-8,23H,9-10H2,(H,24,29). The minimum atomic E-state index is -4.94. The lowest BCUT2D eigenvalue weighted by atomic mass is 10.2. The zero-order chi connectivity index (χ0) is 22.6. The summed E-state index contributed by atoms with van der Waals surface area (Å²) in [5.41, 5.74) is -1.99. The normalized spacial score (nSPS) is 11.2. The molecule has 1 amide bonds. The van der Waals surface area contributed by atoms with Crippen LogP contribution in [0.5, 0.6) is 0 Å². The number of carbonyl (C=O) groups is 1. The first-order valence-electron chi connectivity index (χ1n) is 8.72. The number of nitrogens with zero attached hydrogens (tertiary/aromatic N) is 4. The molecule has 2 N–H and O–H groups in total. The number of hydrogen-bond acceptors (Lipinski definition) is 6. The van der Waals surface area contributed by atoms with Crippen molar-refractivity contribution in [2.45, 2.75) is 6.18 Å². The number of halogens is 4. The Bertz CT molecular complexity index is 1080. The number of nitro benzene ring substituents is 1. The van der Waals surface area contributed by atoms with Crippen molar-refractivity contribution in [2.75, 3.05) is 18.4 Å². The van der Waals surface area contributed by atoms with Crippen LogP contribution in [0.25, 0.3) is 5.69 Å². The van der Waals surface area contributed by atoms with Gasteiger partial charge in [-0.05, 0) is 36.4 Å². The van der Waals surface area contributed by atoms with Crippen molar-refractivity contribution in [3.63, 3.8) is 0 Å². The zero-order valence-corrected chi connectivity index (χ0v) is 15.6. The fourth-order valence-electron chi connectivity index (χ4n) is 2.62. The molecule has 2 aromatic carbocycles. The Morgan fingerprint density at radius 1 is 1.06 bits per heavy atom. The highest BCUT2D eigenvalue weighted by molar-refractivity contribution is 5.93. The third-order valence-corrected chi connectivity index (χ3v) is 4.04. The minimum Gasteiger partial charge on any atom is -0.383 e. The molecule has 0 bridgehead atoms. The first-order chi connectivity index (χ1) is 14.7. The minimum absolute atomic E-state index is 0.0590. The van der Waals surface area contributed by atoms with Crippen LogP contribution < -0.4 is 10.6 Å². The maximum Gasteiger partial charge on any atom is 0.435 e. The highest BCUT2D eigenvalue weighted by Gasteiger charge is 2.41. The Labute approximate surface area is 171 Å². The van der Waals surface area contributed by atoms with E-state index in [1.54, 1.807) is 0 Å². The number of aromatic nitrogens is 3. The van der Waals surface area contributed by atoms with Gasteiger partial charge in [0.1, 0.15) is 5.82 Å². The van der Waals surface area contributed by atoms with Gasteiger partial charge in [-0.3, -0.25) is 14.9 Å². The van der Waals surface area contributed by atoms with E-state index in [4.69, 9.17) is 0 Å². The molecule has 3 aromatic rings. The van der Waals surface area contributed by atoms with Crippen LogP contribution >= 0.6 is 0 Å². The van der Waals surface area contributed by atoms with Crippen molar-refractivity contribution < 1.29 is 27.3 Å². The molecule has 0 spiro atoms. The Balaban J connectivity index is 1.67. The van der Waals surface area contributed by atoms with Gasteiger partial charge in [0.2, 0.25) is 0 Å². The number of non-ortho nitro benzene ring substituents is 1. The first kappa shape index (κ1) is 21.7. The molecule has 1 aromatic heterocycles. The number of rotatable bonds is 7. The van der Waals surface area contributed by atoms with Gasteiger partial charge in [-0.15, -0.1) is 5.10 Å². The predicted molar refractivity (Wildman–Crippen MR) is 100 cm³/mol. The molecule has 9 nitrogen and oxygen atoms in total. The summed E-state index contributed by atoms with van der Waals surface area (Å²) in [6, 6.07) is 9.55. The highest BCUT2D eigenvalue weighted by Crippen LogP contribution is 2.32. The van der Waals surface area contributed by atoms with E-state index in [1.165, 1.54) is 24.3 Å². The number of amides is 1. The summed E-state index contributed by atoms with van der Waals surface area (Å²) in [5, 5.41) is 22.5. The van der Waals surface area contributed by atoms with Crippen LogP contribution in [0.3, 0.4) is 0 Å². The van der Waals surface area contributed by atoms with E-state index >= 15 is 0 Å². The molecule has 0 saturated carbocycles. The molecule has 0 unspecified atom stereocenters. The van der Waals surface area contributed by atoms with Gasteiger partial charge in [0.25, 0.3) is 11.6 Å². The van der Waals surface area contributed by atoms with Crippen LogP contribution in [0, 0.1) is 15.9 Å². The number of benzene rings is 2. The summed E-state index contributed by atoms with van der Waals surface area (Å²) in [6.45, 7) is 0.0769. The SMILES string of the molecule is O=C(NCCNc1ccc([N+](=O)[O-])cc1)c1nnn(-c2ccc(F)cc2)c1C(F)(F)F. The van der Waals surface area contributed by atoms with Crippen molar-refractivity contribution in [2.24, 2.45) is 0 Å². The predicted octanol–water partition coefficient (Wildman–Crippen LogP) is 3.18. The Hall–Kier alpha value is -4.03. The van der Waals surface area contributed by atoms with Gasteiger partial charge in [0.15, 0.2) is 11.4 Å². The van der Waals surface area contributed by atoms with E-state index in [0.717, 1.165) is 24.3 Å². The molecule has 0 saturated heterocycles. The molecular formula is C18H14F4N6O3. The highest BCUT2D eigenvalue weighted by atomic mass is 19.4. The number of nitrogens with one attached hydrogen (secondary N) is 2. The van der Waals surface area contributed by atoms with Gasteiger partial charge in [-0.2, -0.15) is 13.2 Å². The molecule has 3 rings (SSSR count). The number of nitro groups is 1. The van der Waals surface area contributed by atoms with Gasteiger partial charge >= 0.3 is 6.18 Å². The lowest BCUT2D eigenvalue weighted by Crippen LogP contribution is -2.31. The lowest BCUT2D eigenvalue weighted by Gasteiger charge is -2.11. The summed E-state index contributed by atoms with van der Waals surface area (Å²) < 4.78 is 54.1. The third-order valence-electron chi connectivity index (χ3n) is 4.04. The monoisotopic (exact) mass is 438 g/mol. The van der Waals surface area contributed by atoms with E-state index in [2.05, 4.69) is 20.9 Å². The van der Waals surface area contributed by atoms with Crippen LogP contribution in [0.2, 0.25) is 0 Å². The van der Waals surface area contributed by atoms with Crippen molar-refractivity contribution in [3.8, 4) is 5.69 Å². The maximum atomic E-state index is 13.6. The average Bonchev–Trinajstić information content (AvgIpc) is 3.18. The molecule has 31 heavy (non-hydrogen) atoms. The molecule has 162 valence electrons. The van der Waals surface area contributed by atoms with E-state index in [0.29, 0.717) is 10.4 Å². The number of alkyl halides is 3. The second kappa shape index (κ2) is 8.77. The lowest BCUT2D eigenvalue weighted by molar-refractivity contribution is -0.384. The second-order valence-corrected chi connectivity index (χ2v) is 6.16. The molecule has 0 aliphatic carbocycles. The molecular weight excluding hydrogens is 424 g/mol. The molecule has 0 radical (unpaired) electrons. The molecule has 0 aliphatic rings. The summed E-state index contributed by atoms with van der Waals surface area (Å²) in [7, 11) is 0. The molecule has 0 aliphatic heterocycles. The number of anilines is 1. The van der Waals surface area contributed by atoms with E-state index in [-0.39, 0.29) is 24.5 Å². The Kier molecular flexibility index (Phi) is 6.13. The first-order valence-corrected chi connectivity index (χ1v) is 8.72. The van der Waals surface area contributed by atoms with E-state index < -0.39 is 34.2 Å². The molecule has 13 heteroatoms.